The highest BCUT2D eigenvalue weighted by Gasteiger charge is 2.15. The lowest BCUT2D eigenvalue weighted by molar-refractivity contribution is 0.0950. The average molecular weight is 306 g/mol. The molecule has 0 spiro atoms. The van der Waals surface area contributed by atoms with Crippen molar-refractivity contribution < 1.29 is 4.79 Å². The van der Waals surface area contributed by atoms with Gasteiger partial charge in [-0.25, -0.2) is 4.98 Å². The summed E-state index contributed by atoms with van der Waals surface area (Å²) in [4.78, 5) is 17.9. The molecule has 0 unspecified atom stereocenters. The zero-order chi connectivity index (χ0) is 15.4. The lowest BCUT2D eigenvalue weighted by Gasteiger charge is -2.05. The number of amides is 1. The molecule has 5 nitrogen and oxygen atoms in total. The second-order valence-electron chi connectivity index (χ2n) is 5.01. The molecule has 0 fully saturated rings. The molecule has 114 valence electrons. The number of nitrogens with one attached hydrogen (secondary N) is 1. The number of carbonyl (C=O) groups excluding carboxylic acids is 1. The Morgan fingerprint density at radius 3 is 2.81 bits per heavy atom. The fourth-order valence-electron chi connectivity index (χ4n) is 2.29. The van der Waals surface area contributed by atoms with Crippen LogP contribution in [0.4, 0.5) is 0 Å². The molecule has 0 saturated carbocycles. The molecule has 1 N–H and O–H groups in total. The molecule has 0 aliphatic carbocycles. The van der Waals surface area contributed by atoms with E-state index in [9.17, 15) is 4.79 Å². The summed E-state index contributed by atoms with van der Waals surface area (Å²) >= 11 is 1.65. The molecule has 0 aliphatic heterocycles. The van der Waals surface area contributed by atoms with E-state index in [1.165, 1.54) is 0 Å². The van der Waals surface area contributed by atoms with Crippen LogP contribution in [0, 0.1) is 13.8 Å². The molecule has 1 amide bonds. The highest BCUT2D eigenvalue weighted by Crippen LogP contribution is 2.18. The summed E-state index contributed by atoms with van der Waals surface area (Å²) < 4.78 is 1.88. The zero-order valence-electron chi connectivity index (χ0n) is 13.1. The Balaban J connectivity index is 2.04. The van der Waals surface area contributed by atoms with Crippen LogP contribution in [0.25, 0.3) is 0 Å². The van der Waals surface area contributed by atoms with Crippen LogP contribution in [-0.4, -0.2) is 20.7 Å². The first kappa shape index (κ1) is 15.7. The van der Waals surface area contributed by atoms with Gasteiger partial charge in [-0.2, -0.15) is 5.10 Å². The van der Waals surface area contributed by atoms with Crippen molar-refractivity contribution in [2.45, 2.75) is 53.6 Å². The normalized spacial score (nSPS) is 10.9. The van der Waals surface area contributed by atoms with Gasteiger partial charge in [0.1, 0.15) is 0 Å². The van der Waals surface area contributed by atoms with Gasteiger partial charge in [0.25, 0.3) is 5.91 Å². The van der Waals surface area contributed by atoms with Gasteiger partial charge in [0.15, 0.2) is 0 Å². The minimum Gasteiger partial charge on any atom is -0.347 e. The summed E-state index contributed by atoms with van der Waals surface area (Å²) in [5.41, 5.74) is 2.66. The van der Waals surface area contributed by atoms with E-state index in [4.69, 9.17) is 0 Å². The van der Waals surface area contributed by atoms with E-state index in [0.717, 1.165) is 40.7 Å². The van der Waals surface area contributed by atoms with Crippen LogP contribution in [0.2, 0.25) is 0 Å². The molecule has 2 heterocycles. The van der Waals surface area contributed by atoms with Crippen molar-refractivity contribution in [3.05, 3.63) is 33.0 Å². The Bertz CT molecular complexity index is 630. The van der Waals surface area contributed by atoms with Gasteiger partial charge in [-0.1, -0.05) is 13.8 Å². The Morgan fingerprint density at radius 1 is 1.38 bits per heavy atom. The van der Waals surface area contributed by atoms with Crippen molar-refractivity contribution >= 4 is 17.2 Å². The molecule has 0 bridgehead atoms. The fourth-order valence-corrected chi connectivity index (χ4v) is 3.25. The van der Waals surface area contributed by atoms with Crippen LogP contribution in [-0.2, 0) is 19.5 Å². The molecular formula is C15H22N4OS. The third-order valence-electron chi connectivity index (χ3n) is 3.41. The predicted octanol–water partition coefficient (Wildman–Crippen LogP) is 2.86. The maximum atomic E-state index is 12.3. The van der Waals surface area contributed by atoms with Crippen molar-refractivity contribution in [2.75, 3.05) is 0 Å². The molecular weight excluding hydrogens is 284 g/mol. The van der Waals surface area contributed by atoms with Gasteiger partial charge in [0.2, 0.25) is 0 Å². The minimum atomic E-state index is -0.0667. The lowest BCUT2D eigenvalue weighted by atomic mass is 10.2. The fraction of sp³-hybridized carbons (Fsp3) is 0.533. The van der Waals surface area contributed by atoms with Crippen molar-refractivity contribution in [1.82, 2.24) is 20.1 Å². The minimum absolute atomic E-state index is 0.0667. The van der Waals surface area contributed by atoms with Crippen LogP contribution in [0.5, 0.6) is 0 Å². The molecule has 2 rings (SSSR count). The first-order chi connectivity index (χ1) is 10.1. The summed E-state index contributed by atoms with van der Waals surface area (Å²) in [6.45, 7) is 9.48. The topological polar surface area (TPSA) is 59.8 Å². The van der Waals surface area contributed by atoms with Gasteiger partial charge in [-0.15, -0.1) is 11.3 Å². The highest BCUT2D eigenvalue weighted by molar-refractivity contribution is 7.11. The monoisotopic (exact) mass is 306 g/mol. The summed E-state index contributed by atoms with van der Waals surface area (Å²) in [7, 11) is 0. The van der Waals surface area contributed by atoms with E-state index in [1.807, 2.05) is 18.5 Å². The van der Waals surface area contributed by atoms with Gasteiger partial charge in [-0.05, 0) is 26.7 Å². The smallest absolute Gasteiger partial charge is 0.255 e. The molecule has 0 aromatic carbocycles. The lowest BCUT2D eigenvalue weighted by Crippen LogP contribution is -2.23. The van der Waals surface area contributed by atoms with E-state index in [1.54, 1.807) is 17.5 Å². The Labute approximate surface area is 129 Å². The molecule has 0 aliphatic rings. The van der Waals surface area contributed by atoms with Gasteiger partial charge in [0.05, 0.1) is 29.0 Å². The van der Waals surface area contributed by atoms with E-state index >= 15 is 0 Å². The van der Waals surface area contributed by atoms with Gasteiger partial charge in [0, 0.05) is 17.1 Å². The van der Waals surface area contributed by atoms with Crippen LogP contribution < -0.4 is 5.32 Å². The van der Waals surface area contributed by atoms with E-state index in [-0.39, 0.29) is 5.91 Å². The summed E-state index contributed by atoms with van der Waals surface area (Å²) in [6.07, 6.45) is 3.55. The van der Waals surface area contributed by atoms with Crippen molar-refractivity contribution in [3.8, 4) is 0 Å². The van der Waals surface area contributed by atoms with Gasteiger partial charge < -0.3 is 5.32 Å². The third kappa shape index (κ3) is 3.50. The number of aryl methyl sites for hydroxylation is 3. The van der Waals surface area contributed by atoms with E-state index in [0.29, 0.717) is 12.1 Å². The largest absolute Gasteiger partial charge is 0.347 e. The molecule has 2 aromatic heterocycles. The molecule has 0 atom stereocenters. The first-order valence-electron chi connectivity index (χ1n) is 7.32. The standard InChI is InChI=1S/C15H22N4OS/c1-5-7-19-10(3)12(8-17-19)15(20)16-9-14-13(6-2)18-11(4)21-14/h8H,5-7,9H2,1-4H3,(H,16,20). The molecule has 21 heavy (non-hydrogen) atoms. The van der Waals surface area contributed by atoms with Gasteiger partial charge >= 0.3 is 0 Å². The quantitative estimate of drug-likeness (QED) is 0.892. The number of nitrogens with zero attached hydrogens (tertiary/aromatic N) is 3. The van der Waals surface area contributed by atoms with Crippen molar-refractivity contribution in [3.63, 3.8) is 0 Å². The maximum absolute atomic E-state index is 12.3. The summed E-state index contributed by atoms with van der Waals surface area (Å²) in [5, 5.41) is 8.29. The second-order valence-corrected chi connectivity index (χ2v) is 6.29. The predicted molar refractivity (Wildman–Crippen MR) is 84.7 cm³/mol. The number of aromatic nitrogens is 3. The molecule has 6 heteroatoms. The molecule has 0 radical (unpaired) electrons. The second kappa shape index (κ2) is 6.85. The number of hydrogen-bond acceptors (Lipinski definition) is 4. The first-order valence-corrected chi connectivity index (χ1v) is 8.14. The van der Waals surface area contributed by atoms with E-state index < -0.39 is 0 Å². The Kier molecular flexibility index (Phi) is 5.12. The summed E-state index contributed by atoms with van der Waals surface area (Å²) in [6, 6.07) is 0. The SMILES string of the molecule is CCCn1ncc(C(=O)NCc2sc(C)nc2CC)c1C. The zero-order valence-corrected chi connectivity index (χ0v) is 13.9. The number of carbonyl (C=O) groups is 1. The average Bonchev–Trinajstić information content (AvgIpc) is 3.00. The van der Waals surface area contributed by atoms with Crippen LogP contribution in [0.1, 0.15) is 51.9 Å². The van der Waals surface area contributed by atoms with Crippen LogP contribution >= 0.6 is 11.3 Å². The Morgan fingerprint density at radius 2 is 2.14 bits per heavy atom. The van der Waals surface area contributed by atoms with Crippen LogP contribution in [0.15, 0.2) is 6.20 Å². The number of rotatable bonds is 6. The molecule has 0 saturated heterocycles. The van der Waals surface area contributed by atoms with Crippen molar-refractivity contribution in [1.29, 1.82) is 0 Å². The third-order valence-corrected chi connectivity index (χ3v) is 4.43. The summed E-state index contributed by atoms with van der Waals surface area (Å²) in [5.74, 6) is -0.0667. The van der Waals surface area contributed by atoms with Crippen LogP contribution in [0.3, 0.4) is 0 Å². The van der Waals surface area contributed by atoms with Gasteiger partial charge in [-0.3, -0.25) is 9.48 Å². The number of hydrogen-bond donors (Lipinski definition) is 1. The number of thiazole rings is 1. The highest BCUT2D eigenvalue weighted by atomic mass is 32.1. The maximum Gasteiger partial charge on any atom is 0.255 e. The van der Waals surface area contributed by atoms with E-state index in [2.05, 4.69) is 29.2 Å². The molecule has 2 aromatic rings. The Hall–Kier alpha value is -1.69. The van der Waals surface area contributed by atoms with Crippen molar-refractivity contribution in [2.24, 2.45) is 0 Å².